The molecule has 0 spiro atoms. The Morgan fingerprint density at radius 3 is 2.00 bits per heavy atom. The van der Waals surface area contributed by atoms with Crippen LogP contribution in [0, 0.1) is 0 Å². The van der Waals surface area contributed by atoms with E-state index in [2.05, 4.69) is 78.0 Å². The van der Waals surface area contributed by atoms with Gasteiger partial charge in [0.05, 0.1) is 0 Å². The monoisotopic (exact) mass is 577 g/mol. The Bertz CT molecular complexity index is 1220. The summed E-state index contributed by atoms with van der Waals surface area (Å²) in [7, 11) is -4.78. The number of hydrogen-bond acceptors (Lipinski definition) is 7. The van der Waals surface area contributed by atoms with Gasteiger partial charge in [-0.05, 0) is 48.4 Å². The van der Waals surface area contributed by atoms with Crippen molar-refractivity contribution in [3.05, 3.63) is 63.4 Å². The van der Waals surface area contributed by atoms with Gasteiger partial charge in [-0.15, -0.1) is 0 Å². The van der Waals surface area contributed by atoms with Gasteiger partial charge in [-0.2, -0.15) is 0 Å². The highest BCUT2D eigenvalue weighted by atomic mass is 28.4. The van der Waals surface area contributed by atoms with Gasteiger partial charge in [-0.3, -0.25) is 14.3 Å². The molecule has 39 heavy (non-hydrogen) atoms. The van der Waals surface area contributed by atoms with E-state index in [-0.39, 0.29) is 16.6 Å². The highest BCUT2D eigenvalue weighted by molar-refractivity contribution is 6.74. The van der Waals surface area contributed by atoms with E-state index < -0.39 is 58.5 Å². The number of hydrogen-bond donors (Lipinski definition) is 3. The summed E-state index contributed by atoms with van der Waals surface area (Å²) in [6.07, 6.45) is -2.54. The largest absolute Gasteiger partial charge is 0.408 e. The van der Waals surface area contributed by atoms with Crippen LogP contribution < -0.4 is 16.6 Å². The fourth-order valence-electron chi connectivity index (χ4n) is 4.01. The highest BCUT2D eigenvalue weighted by Gasteiger charge is 2.56. The summed E-state index contributed by atoms with van der Waals surface area (Å²) < 4.78 is 21.8. The van der Waals surface area contributed by atoms with Crippen molar-refractivity contribution in [3.63, 3.8) is 0 Å². The predicted molar refractivity (Wildman–Crippen MR) is 160 cm³/mol. The molecule has 3 rings (SSSR count). The number of anilines is 1. The maximum Gasteiger partial charge on any atom is 0.330 e. The number of nitrogens with zero attached hydrogens (tertiary/aromatic N) is 1. The number of H-pyrrole nitrogens is 1. The zero-order valence-electron chi connectivity index (χ0n) is 25.1. The molecule has 0 radical (unpaired) electrons. The maximum atomic E-state index is 12.9. The average Bonchev–Trinajstić information content (AvgIpc) is 3.13. The quantitative estimate of drug-likeness (QED) is 0.371. The van der Waals surface area contributed by atoms with E-state index in [1.165, 1.54) is 16.8 Å². The molecule has 2 unspecified atom stereocenters. The number of nitrogens with one attached hydrogen (secondary N) is 2. The second-order valence-electron chi connectivity index (χ2n) is 13.5. The van der Waals surface area contributed by atoms with Crippen LogP contribution in [0.3, 0.4) is 0 Å². The number of aliphatic hydroxyl groups excluding tert-OH is 1. The van der Waals surface area contributed by atoms with Crippen LogP contribution in [0.2, 0.25) is 36.3 Å². The lowest BCUT2D eigenvalue weighted by Gasteiger charge is -2.44. The third-order valence-corrected chi connectivity index (χ3v) is 17.4. The van der Waals surface area contributed by atoms with Gasteiger partial charge < -0.3 is 24.0 Å². The molecular formula is C28H47N3O6Si2. The molecule has 1 saturated heterocycles. The Morgan fingerprint density at radius 2 is 1.49 bits per heavy atom. The van der Waals surface area contributed by atoms with E-state index in [1.807, 2.05) is 30.3 Å². The first-order valence-electron chi connectivity index (χ1n) is 13.6. The second kappa shape index (κ2) is 11.5. The minimum absolute atomic E-state index is 0.112. The number of ether oxygens (including phenoxy) is 1. The Kier molecular flexibility index (Phi) is 9.25. The molecule has 11 heteroatoms. The maximum absolute atomic E-state index is 12.9. The van der Waals surface area contributed by atoms with Gasteiger partial charge in [-0.25, -0.2) is 4.79 Å². The SMILES string of the molecule is CC(C)(C)[Si](C)(C)O[C@@H]1[C@H](O[Si](C)(C)C(C)(C)C)C(C(O)CNc2ccccc2)O[C@H]1n1ccc(=O)[nH]c1=O. The molecule has 5 atom stereocenters. The van der Waals surface area contributed by atoms with Crippen LogP contribution in [0.25, 0.3) is 0 Å². The zero-order chi connectivity index (χ0) is 29.4. The molecule has 9 nitrogen and oxygen atoms in total. The summed E-state index contributed by atoms with van der Waals surface area (Å²) in [4.78, 5) is 27.1. The predicted octanol–water partition coefficient (Wildman–Crippen LogP) is 4.69. The van der Waals surface area contributed by atoms with Crippen molar-refractivity contribution in [1.82, 2.24) is 9.55 Å². The minimum atomic E-state index is -2.40. The summed E-state index contributed by atoms with van der Waals surface area (Å²) in [5.41, 5.74) is -0.215. The number of aromatic nitrogens is 2. The molecule has 1 fully saturated rings. The second-order valence-corrected chi connectivity index (χ2v) is 23.0. The molecule has 0 amide bonds. The van der Waals surface area contributed by atoms with E-state index in [4.69, 9.17) is 13.6 Å². The Morgan fingerprint density at radius 1 is 0.949 bits per heavy atom. The molecule has 1 aliphatic heterocycles. The van der Waals surface area contributed by atoms with E-state index in [0.717, 1.165) is 5.69 Å². The lowest BCUT2D eigenvalue weighted by Crippen LogP contribution is -2.55. The number of aromatic amines is 1. The van der Waals surface area contributed by atoms with Gasteiger partial charge >= 0.3 is 5.69 Å². The van der Waals surface area contributed by atoms with Gasteiger partial charge in [-0.1, -0.05) is 59.7 Å². The molecule has 0 saturated carbocycles. The van der Waals surface area contributed by atoms with E-state index >= 15 is 0 Å². The smallest absolute Gasteiger partial charge is 0.330 e. The standard InChI is InChI=1S/C28H47N3O6Si2/c1-27(2,3)38(7,8)36-23-22(20(32)18-29-19-14-12-11-13-15-19)35-25(31-17-16-21(33)30-26(31)34)24(23)37-39(9,10)28(4,5)6/h11-17,20,22-25,29,32H,18H2,1-10H3,(H,30,33,34)/t20?,22?,23-,24-,25-/m1/s1. The molecule has 1 aromatic heterocycles. The summed E-state index contributed by atoms with van der Waals surface area (Å²) in [6, 6.07) is 10.9. The van der Waals surface area contributed by atoms with Crippen LogP contribution in [0.5, 0.6) is 0 Å². The molecule has 1 aliphatic rings. The van der Waals surface area contributed by atoms with Crippen LogP contribution in [-0.4, -0.2) is 62.3 Å². The first-order chi connectivity index (χ1) is 17.8. The van der Waals surface area contributed by atoms with Gasteiger partial charge in [0.1, 0.15) is 24.4 Å². The van der Waals surface area contributed by atoms with Crippen molar-refractivity contribution in [2.75, 3.05) is 11.9 Å². The van der Waals surface area contributed by atoms with Crippen molar-refractivity contribution >= 4 is 22.3 Å². The number of rotatable bonds is 9. The van der Waals surface area contributed by atoms with Gasteiger partial charge in [0.2, 0.25) is 0 Å². The van der Waals surface area contributed by atoms with Crippen molar-refractivity contribution in [2.45, 2.75) is 108 Å². The summed E-state index contributed by atoms with van der Waals surface area (Å²) in [5, 5.41) is 14.5. The zero-order valence-corrected chi connectivity index (χ0v) is 27.1. The van der Waals surface area contributed by atoms with Crippen molar-refractivity contribution in [1.29, 1.82) is 0 Å². The topological polar surface area (TPSA) is 115 Å². The minimum Gasteiger partial charge on any atom is -0.408 e. The Hall–Kier alpha value is -2.03. The lowest BCUT2D eigenvalue weighted by molar-refractivity contribution is -0.0801. The average molecular weight is 578 g/mol. The van der Waals surface area contributed by atoms with E-state index in [9.17, 15) is 14.7 Å². The first kappa shape index (κ1) is 31.5. The third kappa shape index (κ3) is 7.19. The lowest BCUT2D eigenvalue weighted by atomic mass is 10.1. The van der Waals surface area contributed by atoms with Gasteiger partial charge in [0.25, 0.3) is 5.56 Å². The Balaban J connectivity index is 2.08. The molecule has 2 heterocycles. The normalized spacial score (nSPS) is 23.6. The van der Waals surface area contributed by atoms with Crippen LogP contribution in [0.1, 0.15) is 47.8 Å². The van der Waals surface area contributed by atoms with Crippen LogP contribution in [-0.2, 0) is 13.6 Å². The highest BCUT2D eigenvalue weighted by Crippen LogP contribution is 2.46. The van der Waals surface area contributed by atoms with Crippen LogP contribution >= 0.6 is 0 Å². The summed E-state index contributed by atoms with van der Waals surface area (Å²) >= 11 is 0. The van der Waals surface area contributed by atoms with E-state index in [1.54, 1.807) is 0 Å². The molecule has 218 valence electrons. The van der Waals surface area contributed by atoms with Crippen LogP contribution in [0.4, 0.5) is 5.69 Å². The molecule has 3 N–H and O–H groups in total. The number of benzene rings is 1. The van der Waals surface area contributed by atoms with Crippen molar-refractivity contribution < 1.29 is 18.7 Å². The number of aliphatic hydroxyl groups is 1. The van der Waals surface area contributed by atoms with Crippen molar-refractivity contribution in [2.24, 2.45) is 0 Å². The van der Waals surface area contributed by atoms with Gasteiger partial charge in [0, 0.05) is 24.5 Å². The van der Waals surface area contributed by atoms with Crippen molar-refractivity contribution in [3.8, 4) is 0 Å². The first-order valence-corrected chi connectivity index (χ1v) is 19.5. The molecule has 1 aromatic carbocycles. The Labute approximate surface area is 234 Å². The summed E-state index contributed by atoms with van der Waals surface area (Å²) in [5.74, 6) is 0. The van der Waals surface area contributed by atoms with E-state index in [0.29, 0.717) is 0 Å². The third-order valence-electron chi connectivity index (χ3n) is 8.49. The molecule has 2 aromatic rings. The van der Waals surface area contributed by atoms with Gasteiger partial charge in [0.15, 0.2) is 22.9 Å². The van der Waals surface area contributed by atoms with Crippen LogP contribution in [0.15, 0.2) is 52.2 Å². The molecule has 0 aliphatic carbocycles. The fourth-order valence-corrected chi connectivity index (χ4v) is 6.60. The summed E-state index contributed by atoms with van der Waals surface area (Å²) in [6.45, 7) is 21.7. The molecular weight excluding hydrogens is 530 g/mol. The fraction of sp³-hybridized carbons (Fsp3) is 0.643. The number of para-hydroxylation sites is 1. The molecule has 0 bridgehead atoms.